The Morgan fingerprint density at radius 2 is 1.94 bits per heavy atom. The molecular formula is C14H20N2O2. The third-order valence-corrected chi connectivity index (χ3v) is 3.35. The number of carbonyl (C=O) groups is 1. The maximum absolute atomic E-state index is 11.8. The highest BCUT2D eigenvalue weighted by molar-refractivity contribution is 5.94. The molecule has 1 aliphatic heterocycles. The number of nitrogen functional groups attached to an aromatic ring is 1. The van der Waals surface area contributed by atoms with Gasteiger partial charge in [-0.3, -0.25) is 4.79 Å². The molecule has 0 unspecified atom stereocenters. The SMILES string of the molecule is Nc1ccc(C(=O)NCCC2CCOCC2)cc1. The van der Waals surface area contributed by atoms with Gasteiger partial charge in [0.2, 0.25) is 0 Å². The average molecular weight is 248 g/mol. The number of anilines is 1. The van der Waals surface area contributed by atoms with Gasteiger partial charge in [0.25, 0.3) is 5.91 Å². The van der Waals surface area contributed by atoms with Crippen LogP contribution in [0, 0.1) is 5.92 Å². The number of rotatable bonds is 4. The van der Waals surface area contributed by atoms with Crippen molar-refractivity contribution in [1.82, 2.24) is 5.32 Å². The number of amides is 1. The Morgan fingerprint density at radius 1 is 1.28 bits per heavy atom. The van der Waals surface area contributed by atoms with Crippen LogP contribution < -0.4 is 11.1 Å². The predicted octanol–water partition coefficient (Wildman–Crippen LogP) is 1.82. The van der Waals surface area contributed by atoms with Crippen molar-refractivity contribution in [3.63, 3.8) is 0 Å². The zero-order valence-electron chi connectivity index (χ0n) is 10.5. The molecule has 0 bridgehead atoms. The van der Waals surface area contributed by atoms with Gasteiger partial charge in [-0.1, -0.05) is 0 Å². The third kappa shape index (κ3) is 3.74. The summed E-state index contributed by atoms with van der Waals surface area (Å²) in [6.07, 6.45) is 3.25. The Hall–Kier alpha value is -1.55. The standard InChI is InChI=1S/C14H20N2O2/c15-13-3-1-12(2-4-13)14(17)16-8-5-11-6-9-18-10-7-11/h1-4,11H,5-10,15H2,(H,16,17). The van der Waals surface area contributed by atoms with Crippen LogP contribution in [-0.4, -0.2) is 25.7 Å². The van der Waals surface area contributed by atoms with Gasteiger partial charge in [-0.15, -0.1) is 0 Å². The number of nitrogens with one attached hydrogen (secondary N) is 1. The first-order valence-corrected chi connectivity index (χ1v) is 6.47. The van der Waals surface area contributed by atoms with E-state index in [1.54, 1.807) is 24.3 Å². The molecule has 18 heavy (non-hydrogen) atoms. The largest absolute Gasteiger partial charge is 0.399 e. The second-order valence-electron chi connectivity index (χ2n) is 4.72. The van der Waals surface area contributed by atoms with Crippen molar-refractivity contribution in [1.29, 1.82) is 0 Å². The van der Waals surface area contributed by atoms with Crippen LogP contribution >= 0.6 is 0 Å². The lowest BCUT2D eigenvalue weighted by Crippen LogP contribution is -2.27. The van der Waals surface area contributed by atoms with Crippen molar-refractivity contribution < 1.29 is 9.53 Å². The van der Waals surface area contributed by atoms with Gasteiger partial charge in [-0.2, -0.15) is 0 Å². The number of benzene rings is 1. The van der Waals surface area contributed by atoms with Gasteiger partial charge >= 0.3 is 0 Å². The number of hydrogen-bond donors (Lipinski definition) is 2. The summed E-state index contributed by atoms with van der Waals surface area (Å²) in [4.78, 5) is 11.8. The minimum Gasteiger partial charge on any atom is -0.399 e. The highest BCUT2D eigenvalue weighted by Crippen LogP contribution is 2.17. The molecule has 0 aromatic heterocycles. The number of hydrogen-bond acceptors (Lipinski definition) is 3. The lowest BCUT2D eigenvalue weighted by atomic mass is 9.97. The van der Waals surface area contributed by atoms with Crippen molar-refractivity contribution in [2.45, 2.75) is 19.3 Å². The van der Waals surface area contributed by atoms with Crippen molar-refractivity contribution in [3.8, 4) is 0 Å². The molecule has 1 saturated heterocycles. The second-order valence-corrected chi connectivity index (χ2v) is 4.72. The molecule has 1 aliphatic rings. The zero-order valence-corrected chi connectivity index (χ0v) is 10.5. The first-order valence-electron chi connectivity index (χ1n) is 6.47. The second kappa shape index (κ2) is 6.40. The molecule has 3 N–H and O–H groups in total. The van der Waals surface area contributed by atoms with Gasteiger partial charge in [-0.05, 0) is 49.4 Å². The van der Waals surface area contributed by atoms with Crippen LogP contribution in [0.25, 0.3) is 0 Å². The maximum atomic E-state index is 11.8. The van der Waals surface area contributed by atoms with Crippen molar-refractivity contribution in [2.75, 3.05) is 25.5 Å². The molecule has 0 saturated carbocycles. The van der Waals surface area contributed by atoms with Crippen molar-refractivity contribution in [3.05, 3.63) is 29.8 Å². The van der Waals surface area contributed by atoms with E-state index in [0.29, 0.717) is 17.2 Å². The Kier molecular flexibility index (Phi) is 4.59. The van der Waals surface area contributed by atoms with E-state index in [1.807, 2.05) is 0 Å². The highest BCUT2D eigenvalue weighted by Gasteiger charge is 2.13. The lowest BCUT2D eigenvalue weighted by molar-refractivity contribution is 0.0636. The molecule has 0 atom stereocenters. The number of ether oxygens (including phenoxy) is 1. The van der Waals surface area contributed by atoms with Crippen molar-refractivity contribution in [2.24, 2.45) is 5.92 Å². The molecule has 2 rings (SSSR count). The Balaban J connectivity index is 1.72. The summed E-state index contributed by atoms with van der Waals surface area (Å²) >= 11 is 0. The summed E-state index contributed by atoms with van der Waals surface area (Å²) in [6.45, 7) is 2.45. The van der Waals surface area contributed by atoms with E-state index in [4.69, 9.17) is 10.5 Å². The van der Waals surface area contributed by atoms with Crippen LogP contribution in [0.4, 0.5) is 5.69 Å². The van der Waals surface area contributed by atoms with Gasteiger partial charge in [0, 0.05) is 31.0 Å². The van der Waals surface area contributed by atoms with Crippen molar-refractivity contribution >= 4 is 11.6 Å². The fourth-order valence-corrected chi connectivity index (χ4v) is 2.16. The van der Waals surface area contributed by atoms with Crippen LogP contribution in [0.5, 0.6) is 0 Å². The fourth-order valence-electron chi connectivity index (χ4n) is 2.16. The van der Waals surface area contributed by atoms with Crippen LogP contribution in [0.3, 0.4) is 0 Å². The van der Waals surface area contributed by atoms with Gasteiger partial charge in [-0.25, -0.2) is 0 Å². The minimum atomic E-state index is -0.0259. The molecule has 1 aromatic carbocycles. The summed E-state index contributed by atoms with van der Waals surface area (Å²) < 4.78 is 5.31. The minimum absolute atomic E-state index is 0.0259. The van der Waals surface area contributed by atoms with E-state index in [9.17, 15) is 4.79 Å². The monoisotopic (exact) mass is 248 g/mol. The van der Waals surface area contributed by atoms with Crippen LogP contribution in [-0.2, 0) is 4.74 Å². The molecule has 0 radical (unpaired) electrons. The van der Waals surface area contributed by atoms with Gasteiger partial charge in [0.1, 0.15) is 0 Å². The van der Waals surface area contributed by atoms with Gasteiger partial charge in [0.15, 0.2) is 0 Å². The molecule has 1 fully saturated rings. The molecule has 0 aliphatic carbocycles. The Bertz CT molecular complexity index is 383. The summed E-state index contributed by atoms with van der Waals surface area (Å²) in [7, 11) is 0. The first kappa shape index (κ1) is 12.9. The van der Waals surface area contributed by atoms with E-state index >= 15 is 0 Å². The first-order chi connectivity index (χ1) is 8.75. The predicted molar refractivity (Wildman–Crippen MR) is 71.3 cm³/mol. The van der Waals surface area contributed by atoms with E-state index in [2.05, 4.69) is 5.32 Å². The maximum Gasteiger partial charge on any atom is 0.251 e. The van der Waals surface area contributed by atoms with Crippen LogP contribution in [0.2, 0.25) is 0 Å². The summed E-state index contributed by atoms with van der Waals surface area (Å²) in [5.41, 5.74) is 6.92. The summed E-state index contributed by atoms with van der Waals surface area (Å²) in [5, 5.41) is 2.95. The normalized spacial score (nSPS) is 16.4. The molecule has 1 aromatic rings. The lowest BCUT2D eigenvalue weighted by Gasteiger charge is -2.21. The number of carbonyl (C=O) groups excluding carboxylic acids is 1. The molecule has 4 heteroatoms. The zero-order chi connectivity index (χ0) is 12.8. The van der Waals surface area contributed by atoms with Crippen LogP contribution in [0.1, 0.15) is 29.6 Å². The average Bonchev–Trinajstić information content (AvgIpc) is 2.40. The highest BCUT2D eigenvalue weighted by atomic mass is 16.5. The van der Waals surface area contributed by atoms with E-state index in [-0.39, 0.29) is 5.91 Å². The molecular weight excluding hydrogens is 228 g/mol. The van der Waals surface area contributed by atoms with Gasteiger partial charge < -0.3 is 15.8 Å². The molecule has 0 spiro atoms. The Morgan fingerprint density at radius 3 is 2.61 bits per heavy atom. The Labute approximate surface area is 108 Å². The quantitative estimate of drug-likeness (QED) is 0.799. The summed E-state index contributed by atoms with van der Waals surface area (Å²) in [6, 6.07) is 6.99. The van der Waals surface area contributed by atoms with E-state index in [1.165, 1.54) is 0 Å². The summed E-state index contributed by atoms with van der Waals surface area (Å²) in [5.74, 6) is 0.660. The molecule has 4 nitrogen and oxygen atoms in total. The van der Waals surface area contributed by atoms with Gasteiger partial charge in [0.05, 0.1) is 0 Å². The third-order valence-electron chi connectivity index (χ3n) is 3.35. The van der Waals surface area contributed by atoms with E-state index < -0.39 is 0 Å². The number of nitrogens with two attached hydrogens (primary N) is 1. The van der Waals surface area contributed by atoms with Crippen LogP contribution in [0.15, 0.2) is 24.3 Å². The fraction of sp³-hybridized carbons (Fsp3) is 0.500. The molecule has 98 valence electrons. The topological polar surface area (TPSA) is 64.4 Å². The molecule has 1 heterocycles. The molecule has 1 amide bonds. The smallest absolute Gasteiger partial charge is 0.251 e. The van der Waals surface area contributed by atoms with E-state index in [0.717, 1.165) is 39.0 Å².